The number of aromatic carboxylic acids is 1. The highest BCUT2D eigenvalue weighted by Gasteiger charge is 2.41. The van der Waals surface area contributed by atoms with Crippen LogP contribution in [0, 0.1) is 0 Å². The van der Waals surface area contributed by atoms with Gasteiger partial charge in [0.1, 0.15) is 6.54 Å². The molecular weight excluding hydrogens is 295 g/mol. The third-order valence-electron chi connectivity index (χ3n) is 2.54. The zero-order chi connectivity index (χ0) is 15.6. The number of tetrazole rings is 1. The second-order valence-electron chi connectivity index (χ2n) is 4.07. The van der Waals surface area contributed by atoms with Crippen LogP contribution in [0.25, 0.3) is 0 Å². The zero-order valence-electron chi connectivity index (χ0n) is 10.7. The second-order valence-corrected chi connectivity index (χ2v) is 4.07. The van der Waals surface area contributed by atoms with Gasteiger partial charge in [-0.15, -0.1) is 10.2 Å². The highest BCUT2D eigenvalue weighted by Crippen LogP contribution is 2.31. The fourth-order valence-corrected chi connectivity index (χ4v) is 1.70. The summed E-state index contributed by atoms with van der Waals surface area (Å²) in [4.78, 5) is 10.8. The van der Waals surface area contributed by atoms with E-state index in [0.717, 1.165) is 0 Å². The summed E-state index contributed by atoms with van der Waals surface area (Å²) in [5.41, 5.74) is -2.60. The standard InChI is InChI=1S/C9H10F3N7O2/c1-2-3-18-5(13-15-17-18)4-19-7(9(10,11)12)6(8(20)21)14-16-19/h2-4H2,1H3,(H,20,21). The number of hydrogen-bond acceptors (Lipinski definition) is 6. The first kappa shape index (κ1) is 14.9. The van der Waals surface area contributed by atoms with Gasteiger partial charge in [0, 0.05) is 6.54 Å². The van der Waals surface area contributed by atoms with Crippen molar-refractivity contribution in [1.82, 2.24) is 35.2 Å². The molecule has 0 atom stereocenters. The van der Waals surface area contributed by atoms with E-state index >= 15 is 0 Å². The maximum atomic E-state index is 13.0. The average molecular weight is 305 g/mol. The van der Waals surface area contributed by atoms with E-state index in [1.54, 1.807) is 0 Å². The van der Waals surface area contributed by atoms with Crippen LogP contribution >= 0.6 is 0 Å². The summed E-state index contributed by atoms with van der Waals surface area (Å²) in [7, 11) is 0. The number of aromatic nitrogens is 7. The van der Waals surface area contributed by atoms with Crippen LogP contribution in [0.5, 0.6) is 0 Å². The van der Waals surface area contributed by atoms with Gasteiger partial charge in [-0.3, -0.25) is 0 Å². The first-order valence-corrected chi connectivity index (χ1v) is 5.83. The van der Waals surface area contributed by atoms with Gasteiger partial charge >= 0.3 is 12.1 Å². The van der Waals surface area contributed by atoms with Crippen LogP contribution in [-0.2, 0) is 19.3 Å². The number of carbonyl (C=O) groups is 1. The van der Waals surface area contributed by atoms with E-state index in [4.69, 9.17) is 5.11 Å². The molecule has 0 unspecified atom stereocenters. The van der Waals surface area contributed by atoms with Gasteiger partial charge in [-0.05, 0) is 16.8 Å². The number of rotatable bonds is 5. The van der Waals surface area contributed by atoms with Gasteiger partial charge in [0.15, 0.2) is 11.5 Å². The van der Waals surface area contributed by atoms with Crippen molar-refractivity contribution in [3.8, 4) is 0 Å². The highest BCUT2D eigenvalue weighted by molar-refractivity contribution is 5.86. The molecule has 2 heterocycles. The SMILES string of the molecule is CCCn1nnnc1Cn1nnc(C(=O)O)c1C(F)(F)F. The minimum absolute atomic E-state index is 0.129. The molecule has 0 amide bonds. The number of hydrogen-bond donors (Lipinski definition) is 1. The molecule has 0 radical (unpaired) electrons. The summed E-state index contributed by atoms with van der Waals surface area (Å²) in [6.45, 7) is 1.84. The minimum atomic E-state index is -4.90. The summed E-state index contributed by atoms with van der Waals surface area (Å²) in [6.07, 6.45) is -4.22. The third kappa shape index (κ3) is 2.98. The van der Waals surface area contributed by atoms with Crippen LogP contribution in [0.1, 0.15) is 35.4 Å². The predicted molar refractivity (Wildman–Crippen MR) is 59.2 cm³/mol. The van der Waals surface area contributed by atoms with Crippen molar-refractivity contribution in [3.63, 3.8) is 0 Å². The lowest BCUT2D eigenvalue weighted by Crippen LogP contribution is -2.20. The first-order valence-electron chi connectivity index (χ1n) is 5.83. The van der Waals surface area contributed by atoms with Crippen molar-refractivity contribution < 1.29 is 23.1 Å². The molecule has 12 heteroatoms. The van der Waals surface area contributed by atoms with E-state index in [2.05, 4.69) is 25.8 Å². The van der Waals surface area contributed by atoms with Crippen molar-refractivity contribution in [2.24, 2.45) is 0 Å². The molecular formula is C9H10F3N7O2. The van der Waals surface area contributed by atoms with Gasteiger partial charge in [-0.1, -0.05) is 12.1 Å². The Morgan fingerprint density at radius 3 is 2.52 bits per heavy atom. The average Bonchev–Trinajstić information content (AvgIpc) is 2.97. The van der Waals surface area contributed by atoms with E-state index in [1.807, 2.05) is 6.92 Å². The fraction of sp³-hybridized carbons (Fsp3) is 0.556. The maximum Gasteiger partial charge on any atom is 0.435 e. The Hall–Kier alpha value is -2.53. The molecule has 9 nitrogen and oxygen atoms in total. The minimum Gasteiger partial charge on any atom is -0.476 e. The summed E-state index contributed by atoms with van der Waals surface area (Å²) in [5, 5.41) is 25.6. The molecule has 0 fully saturated rings. The van der Waals surface area contributed by atoms with Crippen molar-refractivity contribution in [2.75, 3.05) is 0 Å². The number of halogens is 3. The highest BCUT2D eigenvalue weighted by atomic mass is 19.4. The Morgan fingerprint density at radius 2 is 1.95 bits per heavy atom. The molecule has 114 valence electrons. The van der Waals surface area contributed by atoms with Gasteiger partial charge in [-0.25, -0.2) is 14.2 Å². The number of aryl methyl sites for hydroxylation is 1. The van der Waals surface area contributed by atoms with E-state index in [-0.39, 0.29) is 5.82 Å². The zero-order valence-corrected chi connectivity index (χ0v) is 10.7. The quantitative estimate of drug-likeness (QED) is 0.853. The number of carboxylic acids is 1. The van der Waals surface area contributed by atoms with E-state index in [9.17, 15) is 18.0 Å². The Labute approximate surface area is 115 Å². The first-order chi connectivity index (χ1) is 9.84. The predicted octanol–water partition coefficient (Wildman–Crippen LogP) is 0.440. The maximum absolute atomic E-state index is 13.0. The molecule has 1 N–H and O–H groups in total. The number of carboxylic acid groups (broad SMARTS) is 1. The molecule has 0 aliphatic rings. The molecule has 2 aromatic rings. The normalized spacial score (nSPS) is 11.8. The number of alkyl halides is 3. The second kappa shape index (κ2) is 5.46. The Morgan fingerprint density at radius 1 is 1.24 bits per heavy atom. The molecule has 0 bridgehead atoms. The molecule has 2 rings (SSSR count). The molecule has 0 aromatic carbocycles. The van der Waals surface area contributed by atoms with Crippen LogP contribution in [0.3, 0.4) is 0 Å². The topological polar surface area (TPSA) is 112 Å². The molecule has 0 saturated carbocycles. The molecule has 2 aromatic heterocycles. The Bertz CT molecular complexity index is 648. The lowest BCUT2D eigenvalue weighted by Gasteiger charge is -2.09. The van der Waals surface area contributed by atoms with Gasteiger partial charge in [0.05, 0.1) is 0 Å². The monoisotopic (exact) mass is 305 g/mol. The largest absolute Gasteiger partial charge is 0.476 e. The van der Waals surface area contributed by atoms with Crippen LogP contribution in [0.4, 0.5) is 13.2 Å². The van der Waals surface area contributed by atoms with Gasteiger partial charge in [0.25, 0.3) is 0 Å². The molecule has 0 spiro atoms. The van der Waals surface area contributed by atoms with Crippen molar-refractivity contribution >= 4 is 5.97 Å². The van der Waals surface area contributed by atoms with Crippen LogP contribution in [-0.4, -0.2) is 46.3 Å². The van der Waals surface area contributed by atoms with E-state index < -0.39 is 30.1 Å². The van der Waals surface area contributed by atoms with Crippen molar-refractivity contribution in [1.29, 1.82) is 0 Å². The lowest BCUT2D eigenvalue weighted by molar-refractivity contribution is -0.144. The van der Waals surface area contributed by atoms with Gasteiger partial charge in [-0.2, -0.15) is 13.2 Å². The van der Waals surface area contributed by atoms with E-state index in [0.29, 0.717) is 17.6 Å². The molecule has 21 heavy (non-hydrogen) atoms. The summed E-state index contributed by atoms with van der Waals surface area (Å²) >= 11 is 0. The van der Waals surface area contributed by atoms with Crippen LogP contribution in [0.15, 0.2) is 0 Å². The van der Waals surface area contributed by atoms with Crippen molar-refractivity contribution in [3.05, 3.63) is 17.2 Å². The summed E-state index contributed by atoms with van der Waals surface area (Å²) in [5.74, 6) is -1.68. The number of nitrogens with zero attached hydrogens (tertiary/aromatic N) is 7. The molecule has 0 saturated heterocycles. The third-order valence-corrected chi connectivity index (χ3v) is 2.54. The van der Waals surface area contributed by atoms with Crippen LogP contribution < -0.4 is 0 Å². The fourth-order valence-electron chi connectivity index (χ4n) is 1.70. The van der Waals surface area contributed by atoms with Gasteiger partial charge in [0.2, 0.25) is 5.69 Å². The molecule has 0 aliphatic carbocycles. The summed E-state index contributed by atoms with van der Waals surface area (Å²) in [6, 6.07) is 0. The van der Waals surface area contributed by atoms with Crippen molar-refractivity contribution in [2.45, 2.75) is 32.6 Å². The van der Waals surface area contributed by atoms with Gasteiger partial charge < -0.3 is 5.11 Å². The van der Waals surface area contributed by atoms with E-state index in [1.165, 1.54) is 4.68 Å². The Kier molecular flexibility index (Phi) is 3.86. The van der Waals surface area contributed by atoms with Crippen LogP contribution in [0.2, 0.25) is 0 Å². The smallest absolute Gasteiger partial charge is 0.435 e. The molecule has 0 aliphatic heterocycles. The Balaban J connectivity index is 2.41. The lowest BCUT2D eigenvalue weighted by atomic mass is 10.3. The summed E-state index contributed by atoms with van der Waals surface area (Å²) < 4.78 is 40.6.